The van der Waals surface area contributed by atoms with Crippen LogP contribution in [-0.4, -0.2) is 46.0 Å². The Bertz CT molecular complexity index is 912. The first kappa shape index (κ1) is 31.5. The van der Waals surface area contributed by atoms with E-state index >= 15 is 0 Å². The van der Waals surface area contributed by atoms with E-state index in [1.165, 1.54) is 0 Å². The van der Waals surface area contributed by atoms with Crippen molar-refractivity contribution in [2.45, 2.75) is 125 Å². The Labute approximate surface area is 218 Å². The lowest BCUT2D eigenvalue weighted by atomic mass is 9.90. The van der Waals surface area contributed by atoms with Gasteiger partial charge in [0.25, 0.3) is 0 Å². The molecule has 3 atom stereocenters. The number of amides is 3. The molecule has 3 unspecified atom stereocenters. The summed E-state index contributed by atoms with van der Waals surface area (Å²) in [4.78, 5) is 42.3. The topological polar surface area (TPSA) is 87.7 Å². The van der Waals surface area contributed by atoms with Crippen molar-refractivity contribution in [2.24, 2.45) is 5.92 Å². The number of rotatable bonds is 9. The number of benzene rings is 1. The molecule has 1 rings (SSSR count). The van der Waals surface area contributed by atoms with Crippen molar-refractivity contribution in [1.82, 2.24) is 15.5 Å². The van der Waals surface area contributed by atoms with Crippen LogP contribution >= 0.6 is 0 Å². The van der Waals surface area contributed by atoms with E-state index in [0.29, 0.717) is 0 Å². The van der Waals surface area contributed by atoms with Crippen molar-refractivity contribution in [2.75, 3.05) is 0 Å². The molecule has 0 aliphatic rings. The zero-order chi connectivity index (χ0) is 28.0. The Morgan fingerprint density at radius 3 is 2.00 bits per heavy atom. The summed E-state index contributed by atoms with van der Waals surface area (Å²) in [6.07, 6.45) is 1.11. The quantitative estimate of drug-likeness (QED) is 0.444. The first-order valence-corrected chi connectivity index (χ1v) is 13.1. The molecule has 0 spiro atoms. The minimum atomic E-state index is -0.867. The van der Waals surface area contributed by atoms with Crippen molar-refractivity contribution in [3.63, 3.8) is 0 Å². The van der Waals surface area contributed by atoms with Gasteiger partial charge in [-0.25, -0.2) is 4.79 Å². The van der Waals surface area contributed by atoms with Crippen molar-refractivity contribution in [3.8, 4) is 0 Å². The zero-order valence-electron chi connectivity index (χ0n) is 24.5. The highest BCUT2D eigenvalue weighted by Crippen LogP contribution is 2.33. The molecule has 7 nitrogen and oxygen atoms in total. The fraction of sp³-hybridized carbons (Fsp3) is 0.690. The molecule has 0 saturated heterocycles. The van der Waals surface area contributed by atoms with Crippen molar-refractivity contribution in [3.05, 3.63) is 34.9 Å². The molecule has 1 aromatic rings. The molecule has 0 bridgehead atoms. The zero-order valence-corrected chi connectivity index (χ0v) is 24.5. The van der Waals surface area contributed by atoms with Gasteiger partial charge in [-0.3, -0.25) is 9.59 Å². The van der Waals surface area contributed by atoms with Crippen molar-refractivity contribution < 1.29 is 19.1 Å². The van der Waals surface area contributed by atoms with Gasteiger partial charge in [0.2, 0.25) is 11.8 Å². The Morgan fingerprint density at radius 1 is 0.972 bits per heavy atom. The number of carbonyl (C=O) groups excluding carboxylic acids is 3. The van der Waals surface area contributed by atoms with E-state index < -0.39 is 29.3 Å². The highest BCUT2D eigenvalue weighted by molar-refractivity contribution is 5.93. The van der Waals surface area contributed by atoms with Crippen LogP contribution in [0.3, 0.4) is 0 Å². The molecule has 0 saturated carbocycles. The van der Waals surface area contributed by atoms with E-state index in [1.807, 2.05) is 73.6 Å². The highest BCUT2D eigenvalue weighted by atomic mass is 16.6. The molecule has 0 fully saturated rings. The lowest BCUT2D eigenvalue weighted by Gasteiger charge is -2.44. The summed E-state index contributed by atoms with van der Waals surface area (Å²) >= 11 is 0. The van der Waals surface area contributed by atoms with Gasteiger partial charge < -0.3 is 20.3 Å². The van der Waals surface area contributed by atoms with Crippen LogP contribution < -0.4 is 10.6 Å². The fourth-order valence-corrected chi connectivity index (χ4v) is 4.30. The van der Waals surface area contributed by atoms with Crippen LogP contribution in [0.4, 0.5) is 4.79 Å². The fourth-order valence-electron chi connectivity index (χ4n) is 4.30. The normalized spacial score (nSPS) is 14.6. The monoisotopic (exact) mass is 503 g/mol. The summed E-state index contributed by atoms with van der Waals surface area (Å²) in [7, 11) is 0. The van der Waals surface area contributed by atoms with E-state index in [2.05, 4.69) is 17.6 Å². The van der Waals surface area contributed by atoms with Gasteiger partial charge in [-0.15, -0.1) is 0 Å². The predicted molar refractivity (Wildman–Crippen MR) is 146 cm³/mol. The first-order chi connectivity index (χ1) is 16.4. The Kier molecular flexibility index (Phi) is 11.0. The number of nitrogens with zero attached hydrogens (tertiary/aromatic N) is 1. The molecule has 0 aliphatic heterocycles. The number of hydrogen-bond donors (Lipinski definition) is 2. The first-order valence-electron chi connectivity index (χ1n) is 13.1. The summed E-state index contributed by atoms with van der Waals surface area (Å²) in [5.41, 5.74) is 1.36. The third-order valence-electron chi connectivity index (χ3n) is 5.90. The maximum atomic E-state index is 14.2. The number of nitrogens with one attached hydrogen (secondary N) is 2. The molecule has 0 heterocycles. The molecule has 1 aromatic carbocycles. The van der Waals surface area contributed by atoms with Gasteiger partial charge in [0.05, 0.1) is 0 Å². The number of carbonyl (C=O) groups is 3. The summed E-state index contributed by atoms with van der Waals surface area (Å²) < 4.78 is 5.44. The SMILES string of the molecule is CCCC(C)NC(=O)C(c1ccc(C)cc1C)N(C(=O)C(NC(=O)OC(C)(C)C)C(C)C)C(C)(C)C. The van der Waals surface area contributed by atoms with E-state index in [9.17, 15) is 14.4 Å². The lowest BCUT2D eigenvalue weighted by Crippen LogP contribution is -2.60. The van der Waals surface area contributed by atoms with Crippen molar-refractivity contribution >= 4 is 17.9 Å². The van der Waals surface area contributed by atoms with Crippen LogP contribution in [0.5, 0.6) is 0 Å². The molecule has 0 aliphatic carbocycles. The molecule has 0 radical (unpaired) electrons. The van der Waals surface area contributed by atoms with Gasteiger partial charge in [0, 0.05) is 11.6 Å². The van der Waals surface area contributed by atoms with Crippen LogP contribution in [0.25, 0.3) is 0 Å². The van der Waals surface area contributed by atoms with Gasteiger partial charge in [0.1, 0.15) is 17.7 Å². The molecular formula is C29H49N3O4. The Balaban J connectivity index is 3.62. The number of alkyl carbamates (subject to hydrolysis) is 1. The second kappa shape index (κ2) is 12.6. The maximum absolute atomic E-state index is 14.2. The summed E-state index contributed by atoms with van der Waals surface area (Å²) in [6, 6.07) is 4.15. The smallest absolute Gasteiger partial charge is 0.408 e. The minimum absolute atomic E-state index is 0.0338. The van der Waals surface area contributed by atoms with Crippen LogP contribution in [0, 0.1) is 19.8 Å². The van der Waals surface area contributed by atoms with Crippen LogP contribution in [-0.2, 0) is 14.3 Å². The van der Waals surface area contributed by atoms with E-state index in [4.69, 9.17) is 4.74 Å². The van der Waals surface area contributed by atoms with Crippen LogP contribution in [0.2, 0.25) is 0 Å². The van der Waals surface area contributed by atoms with Gasteiger partial charge in [-0.1, -0.05) is 51.0 Å². The molecule has 0 aromatic heterocycles. The standard InChI is InChI=1S/C29H49N3O4/c1-13-14-21(6)30-25(33)24(22-16-15-19(4)17-20(22)5)32(28(7,8)9)26(34)23(18(2)3)31-27(35)36-29(10,11)12/h15-18,21,23-24H,13-14H2,1-12H3,(H,30,33)(H,31,35). The predicted octanol–water partition coefficient (Wildman–Crippen LogP) is 5.83. The Morgan fingerprint density at radius 2 is 1.56 bits per heavy atom. The van der Waals surface area contributed by atoms with Gasteiger partial charge >= 0.3 is 6.09 Å². The van der Waals surface area contributed by atoms with Gasteiger partial charge in [-0.2, -0.15) is 0 Å². The molecule has 204 valence electrons. The second-order valence-corrected chi connectivity index (χ2v) is 12.2. The third-order valence-corrected chi connectivity index (χ3v) is 5.90. The van der Waals surface area contributed by atoms with Crippen LogP contribution in [0.15, 0.2) is 18.2 Å². The number of aryl methyl sites for hydroxylation is 2. The van der Waals surface area contributed by atoms with Crippen LogP contribution in [0.1, 0.15) is 105 Å². The minimum Gasteiger partial charge on any atom is -0.444 e. The number of hydrogen-bond acceptors (Lipinski definition) is 4. The number of ether oxygens (including phenoxy) is 1. The van der Waals surface area contributed by atoms with E-state index in [-0.39, 0.29) is 23.8 Å². The second-order valence-electron chi connectivity index (χ2n) is 12.2. The average molecular weight is 504 g/mol. The average Bonchev–Trinajstić information content (AvgIpc) is 2.68. The molecule has 2 N–H and O–H groups in total. The third kappa shape index (κ3) is 9.14. The molecule has 36 heavy (non-hydrogen) atoms. The Hall–Kier alpha value is -2.57. The van der Waals surface area contributed by atoms with Gasteiger partial charge in [-0.05, 0) is 85.8 Å². The molecular weight excluding hydrogens is 454 g/mol. The molecule has 7 heteroatoms. The van der Waals surface area contributed by atoms with E-state index in [1.54, 1.807) is 25.7 Å². The molecule has 3 amide bonds. The van der Waals surface area contributed by atoms with Gasteiger partial charge in [0.15, 0.2) is 0 Å². The van der Waals surface area contributed by atoms with Crippen molar-refractivity contribution in [1.29, 1.82) is 0 Å². The maximum Gasteiger partial charge on any atom is 0.408 e. The highest BCUT2D eigenvalue weighted by Gasteiger charge is 2.43. The van der Waals surface area contributed by atoms with E-state index in [0.717, 1.165) is 29.5 Å². The largest absolute Gasteiger partial charge is 0.444 e. The summed E-state index contributed by atoms with van der Waals surface area (Å²) in [6.45, 7) is 22.8. The summed E-state index contributed by atoms with van der Waals surface area (Å²) in [5.74, 6) is -0.783. The lowest BCUT2D eigenvalue weighted by molar-refractivity contribution is -0.149. The summed E-state index contributed by atoms with van der Waals surface area (Å²) in [5, 5.41) is 5.90.